The van der Waals surface area contributed by atoms with Gasteiger partial charge in [-0.3, -0.25) is 4.79 Å². The Hall–Kier alpha value is -1.36. The molecule has 3 nitrogen and oxygen atoms in total. The van der Waals surface area contributed by atoms with Crippen LogP contribution >= 0.6 is 27.5 Å². The molecule has 1 amide bonds. The van der Waals surface area contributed by atoms with Crippen LogP contribution in [0.2, 0.25) is 5.02 Å². The van der Waals surface area contributed by atoms with Crippen molar-refractivity contribution in [1.29, 1.82) is 0 Å². The highest BCUT2D eigenvalue weighted by Gasteiger charge is 2.27. The Bertz CT molecular complexity index is 660. The molecule has 0 saturated heterocycles. The van der Waals surface area contributed by atoms with E-state index in [-0.39, 0.29) is 5.91 Å². The minimum absolute atomic E-state index is 0.141. The highest BCUT2D eigenvalue weighted by atomic mass is 79.9. The summed E-state index contributed by atoms with van der Waals surface area (Å²) in [4.78, 5) is 12.2. The highest BCUT2D eigenvalue weighted by molar-refractivity contribution is 9.10. The second-order valence-electron chi connectivity index (χ2n) is 5.13. The molecular weight excluding hydrogens is 366 g/mol. The maximum Gasteiger partial charge on any atom is 0.251 e. The second-order valence-corrected chi connectivity index (χ2v) is 6.49. The lowest BCUT2D eigenvalue weighted by atomic mass is 9.95. The van der Waals surface area contributed by atoms with Gasteiger partial charge in [0.15, 0.2) is 0 Å². The maximum atomic E-state index is 12.2. The van der Waals surface area contributed by atoms with Crippen molar-refractivity contribution in [3.8, 4) is 0 Å². The number of carbonyl (C=O) groups excluding carboxylic acids is 1. The second kappa shape index (κ2) is 7.27. The number of ether oxygens (including phenoxy) is 1. The SMILES string of the molecule is COC(C)(CNC(=O)c1ccc(Br)cc1)c1cccc(Cl)c1. The summed E-state index contributed by atoms with van der Waals surface area (Å²) in [5.41, 5.74) is 0.877. The van der Waals surface area contributed by atoms with Gasteiger partial charge in [-0.25, -0.2) is 0 Å². The van der Waals surface area contributed by atoms with Crippen molar-refractivity contribution in [2.45, 2.75) is 12.5 Å². The zero-order valence-electron chi connectivity index (χ0n) is 12.4. The van der Waals surface area contributed by atoms with Crippen molar-refractivity contribution in [3.05, 3.63) is 69.2 Å². The standard InChI is InChI=1S/C17H17BrClNO2/c1-17(22-2,13-4-3-5-15(19)10-13)11-20-16(21)12-6-8-14(18)9-7-12/h3-10H,11H2,1-2H3,(H,20,21). The molecule has 0 fully saturated rings. The van der Waals surface area contributed by atoms with Crippen molar-refractivity contribution in [2.75, 3.05) is 13.7 Å². The molecule has 0 aromatic heterocycles. The van der Waals surface area contributed by atoms with E-state index < -0.39 is 5.60 Å². The molecule has 1 unspecified atom stereocenters. The average molecular weight is 383 g/mol. The van der Waals surface area contributed by atoms with Crippen LogP contribution in [0.5, 0.6) is 0 Å². The van der Waals surface area contributed by atoms with E-state index in [0.717, 1.165) is 10.0 Å². The Balaban J connectivity index is 2.10. The molecule has 5 heteroatoms. The van der Waals surface area contributed by atoms with E-state index in [9.17, 15) is 4.79 Å². The van der Waals surface area contributed by atoms with Gasteiger partial charge in [-0.2, -0.15) is 0 Å². The van der Waals surface area contributed by atoms with E-state index in [1.54, 1.807) is 19.2 Å². The number of amides is 1. The Morgan fingerprint density at radius 1 is 1.27 bits per heavy atom. The van der Waals surface area contributed by atoms with Gasteiger partial charge >= 0.3 is 0 Å². The summed E-state index contributed by atoms with van der Waals surface area (Å²) in [6, 6.07) is 14.7. The molecule has 2 aromatic carbocycles. The predicted molar refractivity (Wildman–Crippen MR) is 92.3 cm³/mol. The monoisotopic (exact) mass is 381 g/mol. The van der Waals surface area contributed by atoms with Crippen LogP contribution in [0, 0.1) is 0 Å². The van der Waals surface area contributed by atoms with Gasteiger partial charge in [-0.15, -0.1) is 0 Å². The topological polar surface area (TPSA) is 38.3 Å². The molecule has 0 aliphatic rings. The third-order valence-electron chi connectivity index (χ3n) is 3.58. The van der Waals surface area contributed by atoms with Gasteiger partial charge in [0, 0.05) is 22.2 Å². The normalized spacial score (nSPS) is 13.5. The summed E-state index contributed by atoms with van der Waals surface area (Å²) in [6.45, 7) is 2.26. The molecule has 0 aliphatic carbocycles. The fraction of sp³-hybridized carbons (Fsp3) is 0.235. The van der Waals surface area contributed by atoms with E-state index in [4.69, 9.17) is 16.3 Å². The smallest absolute Gasteiger partial charge is 0.251 e. The molecule has 116 valence electrons. The average Bonchev–Trinajstić information content (AvgIpc) is 2.53. The number of benzene rings is 2. The number of hydrogen-bond acceptors (Lipinski definition) is 2. The van der Waals surface area contributed by atoms with Crippen molar-refractivity contribution in [1.82, 2.24) is 5.32 Å². The molecule has 1 N–H and O–H groups in total. The molecule has 22 heavy (non-hydrogen) atoms. The third kappa shape index (κ3) is 4.09. The van der Waals surface area contributed by atoms with Gasteiger partial charge in [0.1, 0.15) is 5.60 Å². The summed E-state index contributed by atoms with van der Waals surface area (Å²) in [6.07, 6.45) is 0. The van der Waals surface area contributed by atoms with Crippen LogP contribution in [-0.2, 0) is 10.3 Å². The van der Waals surface area contributed by atoms with E-state index in [0.29, 0.717) is 17.1 Å². The first-order valence-corrected chi connectivity index (χ1v) is 7.97. The minimum atomic E-state index is -0.643. The van der Waals surface area contributed by atoms with Gasteiger partial charge < -0.3 is 10.1 Å². The van der Waals surface area contributed by atoms with Crippen LogP contribution in [0.4, 0.5) is 0 Å². The first kappa shape index (κ1) is 17.0. The number of hydrogen-bond donors (Lipinski definition) is 1. The van der Waals surface area contributed by atoms with E-state index >= 15 is 0 Å². The number of carbonyl (C=O) groups is 1. The summed E-state index contributed by atoms with van der Waals surface area (Å²) in [5, 5.41) is 3.54. The molecular formula is C17H17BrClNO2. The van der Waals surface area contributed by atoms with E-state index in [1.807, 2.05) is 43.3 Å². The zero-order chi connectivity index (χ0) is 16.2. The molecule has 0 saturated carbocycles. The largest absolute Gasteiger partial charge is 0.372 e. The van der Waals surface area contributed by atoms with Gasteiger partial charge in [0.2, 0.25) is 0 Å². The molecule has 2 rings (SSSR count). The third-order valence-corrected chi connectivity index (χ3v) is 4.34. The fourth-order valence-electron chi connectivity index (χ4n) is 2.06. The molecule has 0 aliphatic heterocycles. The van der Waals surface area contributed by atoms with Crippen molar-refractivity contribution >= 4 is 33.4 Å². The number of halogens is 2. The van der Waals surface area contributed by atoms with Gasteiger partial charge in [0.05, 0.1) is 6.54 Å². The maximum absolute atomic E-state index is 12.2. The molecule has 0 radical (unpaired) electrons. The lowest BCUT2D eigenvalue weighted by molar-refractivity contribution is 0.00315. The molecule has 2 aromatic rings. The highest BCUT2D eigenvalue weighted by Crippen LogP contribution is 2.26. The Morgan fingerprint density at radius 3 is 2.55 bits per heavy atom. The predicted octanol–water partition coefficient (Wildman–Crippen LogP) is 4.39. The van der Waals surface area contributed by atoms with E-state index in [2.05, 4.69) is 21.2 Å². The molecule has 0 bridgehead atoms. The Morgan fingerprint density at radius 2 is 1.95 bits per heavy atom. The van der Waals surface area contributed by atoms with Crippen LogP contribution in [0.15, 0.2) is 53.0 Å². The van der Waals surface area contributed by atoms with Crippen molar-refractivity contribution < 1.29 is 9.53 Å². The number of rotatable bonds is 5. The van der Waals surface area contributed by atoms with Gasteiger partial charge in [0.25, 0.3) is 5.91 Å². The lowest BCUT2D eigenvalue weighted by Gasteiger charge is -2.29. The van der Waals surface area contributed by atoms with Crippen molar-refractivity contribution in [2.24, 2.45) is 0 Å². The molecule has 0 heterocycles. The van der Waals surface area contributed by atoms with Crippen molar-refractivity contribution in [3.63, 3.8) is 0 Å². The summed E-state index contributed by atoms with van der Waals surface area (Å²) in [5.74, 6) is -0.141. The van der Waals surface area contributed by atoms with E-state index in [1.165, 1.54) is 0 Å². The number of methoxy groups -OCH3 is 1. The van der Waals surface area contributed by atoms with Crippen LogP contribution in [0.25, 0.3) is 0 Å². The Kier molecular flexibility index (Phi) is 5.62. The Labute approximate surface area is 143 Å². The summed E-state index contributed by atoms with van der Waals surface area (Å²) in [7, 11) is 1.62. The summed E-state index contributed by atoms with van der Waals surface area (Å²) >= 11 is 9.38. The first-order chi connectivity index (χ1) is 10.4. The van der Waals surface area contributed by atoms with Crippen LogP contribution in [0.1, 0.15) is 22.8 Å². The molecule has 0 spiro atoms. The van der Waals surface area contributed by atoms with Crippen LogP contribution in [-0.4, -0.2) is 19.6 Å². The summed E-state index contributed by atoms with van der Waals surface area (Å²) < 4.78 is 6.54. The minimum Gasteiger partial charge on any atom is -0.372 e. The zero-order valence-corrected chi connectivity index (χ0v) is 14.7. The fourth-order valence-corrected chi connectivity index (χ4v) is 2.52. The van der Waals surface area contributed by atoms with Crippen LogP contribution < -0.4 is 5.32 Å². The number of nitrogens with one attached hydrogen (secondary N) is 1. The van der Waals surface area contributed by atoms with Gasteiger partial charge in [-0.1, -0.05) is 39.7 Å². The molecule has 1 atom stereocenters. The first-order valence-electron chi connectivity index (χ1n) is 6.79. The lowest BCUT2D eigenvalue weighted by Crippen LogP contribution is -2.40. The van der Waals surface area contributed by atoms with Gasteiger partial charge in [-0.05, 0) is 48.9 Å². The van der Waals surface area contributed by atoms with Crippen LogP contribution in [0.3, 0.4) is 0 Å². The quantitative estimate of drug-likeness (QED) is 0.832.